The monoisotopic (exact) mass is 281 g/mol. The van der Waals surface area contributed by atoms with Crippen molar-refractivity contribution in [3.05, 3.63) is 24.3 Å². The van der Waals surface area contributed by atoms with Gasteiger partial charge in [-0.05, 0) is 38.1 Å². The molecule has 0 radical (unpaired) electrons. The first-order chi connectivity index (χ1) is 9.31. The van der Waals surface area contributed by atoms with Crippen molar-refractivity contribution in [2.75, 3.05) is 18.9 Å². The third-order valence-electron chi connectivity index (χ3n) is 2.63. The summed E-state index contributed by atoms with van der Waals surface area (Å²) in [7, 11) is 0. The Morgan fingerprint density at radius 2 is 1.85 bits per heavy atom. The fourth-order valence-corrected chi connectivity index (χ4v) is 1.21. The predicted molar refractivity (Wildman–Crippen MR) is 73.3 cm³/mol. The third-order valence-corrected chi connectivity index (χ3v) is 2.63. The van der Waals surface area contributed by atoms with Gasteiger partial charge in [-0.25, -0.2) is 0 Å². The zero-order valence-electron chi connectivity index (χ0n) is 11.6. The minimum atomic E-state index is -1.09. The SMILES string of the molecule is CC(C)(COC(=O)CCOc1ccc(N)cc1)C(=O)O. The van der Waals surface area contributed by atoms with E-state index in [2.05, 4.69) is 0 Å². The quantitative estimate of drug-likeness (QED) is 0.583. The van der Waals surface area contributed by atoms with E-state index in [1.807, 2.05) is 0 Å². The molecule has 0 heterocycles. The molecule has 0 aliphatic rings. The van der Waals surface area contributed by atoms with Gasteiger partial charge in [-0.2, -0.15) is 0 Å². The molecule has 3 N–H and O–H groups in total. The van der Waals surface area contributed by atoms with Crippen LogP contribution in [0.25, 0.3) is 0 Å². The zero-order valence-corrected chi connectivity index (χ0v) is 11.6. The lowest BCUT2D eigenvalue weighted by atomic mass is 9.95. The average Bonchev–Trinajstić information content (AvgIpc) is 2.39. The molecule has 6 nitrogen and oxygen atoms in total. The van der Waals surface area contributed by atoms with Crippen LogP contribution in [0, 0.1) is 5.41 Å². The standard InChI is InChI=1S/C14H19NO5/c1-14(2,13(17)18)9-20-12(16)7-8-19-11-5-3-10(15)4-6-11/h3-6H,7-9,15H2,1-2H3,(H,17,18). The van der Waals surface area contributed by atoms with Crippen LogP contribution in [0.5, 0.6) is 5.75 Å². The van der Waals surface area contributed by atoms with Crippen LogP contribution in [0.1, 0.15) is 20.3 Å². The minimum absolute atomic E-state index is 0.0556. The number of carbonyl (C=O) groups excluding carboxylic acids is 1. The lowest BCUT2D eigenvalue weighted by molar-refractivity contribution is -0.156. The second kappa shape index (κ2) is 6.79. The van der Waals surface area contributed by atoms with Crippen molar-refractivity contribution in [1.29, 1.82) is 0 Å². The maximum absolute atomic E-state index is 11.4. The summed E-state index contributed by atoms with van der Waals surface area (Å²) in [5.74, 6) is -0.893. The van der Waals surface area contributed by atoms with Gasteiger partial charge < -0.3 is 20.3 Å². The zero-order chi connectivity index (χ0) is 15.2. The van der Waals surface area contributed by atoms with Gasteiger partial charge in [-0.1, -0.05) is 0 Å². The number of nitrogens with two attached hydrogens (primary N) is 1. The van der Waals surface area contributed by atoms with E-state index >= 15 is 0 Å². The van der Waals surface area contributed by atoms with Crippen LogP contribution in [0.2, 0.25) is 0 Å². The van der Waals surface area contributed by atoms with Crippen molar-refractivity contribution in [2.45, 2.75) is 20.3 Å². The first-order valence-corrected chi connectivity index (χ1v) is 6.18. The molecule has 0 amide bonds. The molecule has 0 spiro atoms. The van der Waals surface area contributed by atoms with Gasteiger partial charge in [0.15, 0.2) is 0 Å². The predicted octanol–water partition coefficient (Wildman–Crippen LogP) is 1.69. The Labute approximate surface area is 117 Å². The van der Waals surface area contributed by atoms with Gasteiger partial charge in [0, 0.05) is 5.69 Å². The van der Waals surface area contributed by atoms with Crippen molar-refractivity contribution in [1.82, 2.24) is 0 Å². The largest absolute Gasteiger partial charge is 0.493 e. The van der Waals surface area contributed by atoms with Gasteiger partial charge in [-0.3, -0.25) is 9.59 Å². The summed E-state index contributed by atoms with van der Waals surface area (Å²) in [4.78, 5) is 22.3. The van der Waals surface area contributed by atoms with E-state index < -0.39 is 17.4 Å². The summed E-state index contributed by atoms with van der Waals surface area (Å²) in [5.41, 5.74) is 5.07. The molecule has 20 heavy (non-hydrogen) atoms. The van der Waals surface area contributed by atoms with Crippen LogP contribution in [0.3, 0.4) is 0 Å². The van der Waals surface area contributed by atoms with Gasteiger partial charge >= 0.3 is 11.9 Å². The fourth-order valence-electron chi connectivity index (χ4n) is 1.21. The van der Waals surface area contributed by atoms with E-state index in [-0.39, 0.29) is 19.6 Å². The van der Waals surface area contributed by atoms with Crippen LogP contribution in [-0.2, 0) is 14.3 Å². The third kappa shape index (κ3) is 5.17. The van der Waals surface area contributed by atoms with Crippen molar-refractivity contribution in [2.24, 2.45) is 5.41 Å². The molecule has 0 aliphatic carbocycles. The molecule has 0 saturated carbocycles. The fraction of sp³-hybridized carbons (Fsp3) is 0.429. The number of aliphatic carboxylic acids is 1. The molecule has 110 valence electrons. The first kappa shape index (κ1) is 15.8. The summed E-state index contributed by atoms with van der Waals surface area (Å²) in [6.45, 7) is 2.99. The number of carboxylic acid groups (broad SMARTS) is 1. The van der Waals surface area contributed by atoms with Crippen molar-refractivity contribution in [3.8, 4) is 5.75 Å². The molecular formula is C14H19NO5. The lowest BCUT2D eigenvalue weighted by Gasteiger charge is -2.18. The number of carboxylic acids is 1. The molecule has 0 atom stereocenters. The molecule has 0 aliphatic heterocycles. The molecule has 6 heteroatoms. The molecule has 0 unspecified atom stereocenters. The molecule has 1 aromatic rings. The van der Waals surface area contributed by atoms with Crippen LogP contribution in [0.15, 0.2) is 24.3 Å². The minimum Gasteiger partial charge on any atom is -0.493 e. The van der Waals surface area contributed by atoms with Gasteiger partial charge in [0.25, 0.3) is 0 Å². The number of rotatable bonds is 7. The Hall–Kier alpha value is -2.24. The first-order valence-electron chi connectivity index (χ1n) is 6.18. The van der Waals surface area contributed by atoms with Gasteiger partial charge in [0.1, 0.15) is 12.4 Å². The number of hydrogen-bond donors (Lipinski definition) is 2. The van der Waals surface area contributed by atoms with Crippen LogP contribution in [-0.4, -0.2) is 30.3 Å². The van der Waals surface area contributed by atoms with Gasteiger partial charge in [0.05, 0.1) is 18.4 Å². The highest BCUT2D eigenvalue weighted by Gasteiger charge is 2.28. The number of esters is 1. The molecule has 1 rings (SSSR count). The number of benzene rings is 1. The molecular weight excluding hydrogens is 262 g/mol. The highest BCUT2D eigenvalue weighted by molar-refractivity contribution is 5.75. The van der Waals surface area contributed by atoms with E-state index in [9.17, 15) is 9.59 Å². The van der Waals surface area contributed by atoms with Crippen molar-refractivity contribution in [3.63, 3.8) is 0 Å². The maximum atomic E-state index is 11.4. The van der Waals surface area contributed by atoms with Crippen molar-refractivity contribution >= 4 is 17.6 Å². The summed E-state index contributed by atoms with van der Waals surface area (Å²) >= 11 is 0. The number of hydrogen-bond acceptors (Lipinski definition) is 5. The molecule has 0 fully saturated rings. The van der Waals surface area contributed by atoms with E-state index in [4.69, 9.17) is 20.3 Å². The Balaban J connectivity index is 2.27. The summed E-state index contributed by atoms with van der Waals surface area (Å²) < 4.78 is 10.2. The molecule has 1 aromatic carbocycles. The lowest BCUT2D eigenvalue weighted by Crippen LogP contribution is -2.30. The van der Waals surface area contributed by atoms with E-state index in [1.54, 1.807) is 24.3 Å². The van der Waals surface area contributed by atoms with E-state index in [1.165, 1.54) is 13.8 Å². The number of carbonyl (C=O) groups is 2. The summed E-state index contributed by atoms with van der Waals surface area (Å²) in [6.07, 6.45) is 0.0556. The van der Waals surface area contributed by atoms with Crippen LogP contribution in [0.4, 0.5) is 5.69 Å². The smallest absolute Gasteiger partial charge is 0.312 e. The van der Waals surface area contributed by atoms with Gasteiger partial charge in [0.2, 0.25) is 0 Å². The summed E-state index contributed by atoms with van der Waals surface area (Å²) in [5, 5.41) is 8.88. The Kier molecular flexibility index (Phi) is 5.37. The van der Waals surface area contributed by atoms with Crippen LogP contribution >= 0.6 is 0 Å². The number of anilines is 1. The van der Waals surface area contributed by atoms with Gasteiger partial charge in [-0.15, -0.1) is 0 Å². The molecule has 0 bridgehead atoms. The van der Waals surface area contributed by atoms with E-state index in [0.29, 0.717) is 11.4 Å². The topological polar surface area (TPSA) is 98.9 Å². The second-order valence-corrected chi connectivity index (χ2v) is 5.02. The normalized spacial score (nSPS) is 10.9. The highest BCUT2D eigenvalue weighted by Crippen LogP contribution is 2.16. The second-order valence-electron chi connectivity index (χ2n) is 5.02. The number of ether oxygens (including phenoxy) is 2. The highest BCUT2D eigenvalue weighted by atomic mass is 16.5. The van der Waals surface area contributed by atoms with Crippen molar-refractivity contribution < 1.29 is 24.2 Å². The number of nitrogen functional groups attached to an aromatic ring is 1. The Bertz CT molecular complexity index is 467. The Morgan fingerprint density at radius 1 is 1.25 bits per heavy atom. The summed E-state index contributed by atoms with van der Waals surface area (Å²) in [6, 6.07) is 6.80. The average molecular weight is 281 g/mol. The van der Waals surface area contributed by atoms with E-state index in [0.717, 1.165) is 0 Å². The molecule has 0 saturated heterocycles. The molecule has 0 aromatic heterocycles. The maximum Gasteiger partial charge on any atom is 0.312 e. The Morgan fingerprint density at radius 3 is 2.40 bits per heavy atom. The van der Waals surface area contributed by atoms with Crippen LogP contribution < -0.4 is 10.5 Å².